The lowest BCUT2D eigenvalue weighted by Gasteiger charge is -2.34. The number of sulfone groups is 1. The molecule has 0 radical (unpaired) electrons. The highest BCUT2D eigenvalue weighted by Gasteiger charge is 2.33. The maximum absolute atomic E-state index is 12.3. The summed E-state index contributed by atoms with van der Waals surface area (Å²) in [5.41, 5.74) is 1.07. The zero-order valence-electron chi connectivity index (χ0n) is 14.4. The Morgan fingerprint density at radius 1 is 1.20 bits per heavy atom. The quantitative estimate of drug-likeness (QED) is 0.790. The van der Waals surface area contributed by atoms with Crippen molar-refractivity contribution < 1.29 is 23.1 Å². The molecular formula is C18H25NO5S. The van der Waals surface area contributed by atoms with Crippen molar-refractivity contribution in [2.45, 2.75) is 26.2 Å². The van der Waals surface area contributed by atoms with Crippen molar-refractivity contribution >= 4 is 21.7 Å². The number of carboxylic acids is 1. The van der Waals surface area contributed by atoms with E-state index in [1.807, 2.05) is 37.3 Å². The summed E-state index contributed by atoms with van der Waals surface area (Å²) >= 11 is 0. The van der Waals surface area contributed by atoms with Crippen molar-refractivity contribution in [2.24, 2.45) is 11.8 Å². The fourth-order valence-electron chi connectivity index (χ4n) is 3.23. The zero-order chi connectivity index (χ0) is 18.4. The molecule has 0 aliphatic carbocycles. The molecule has 1 aromatic carbocycles. The van der Waals surface area contributed by atoms with Crippen molar-refractivity contribution in [3.8, 4) is 0 Å². The first-order chi connectivity index (χ1) is 11.8. The second-order valence-electron chi connectivity index (χ2n) is 6.86. The molecule has 1 saturated heterocycles. The van der Waals surface area contributed by atoms with Crippen LogP contribution in [0, 0.1) is 11.8 Å². The van der Waals surface area contributed by atoms with Gasteiger partial charge in [0, 0.05) is 13.1 Å². The summed E-state index contributed by atoms with van der Waals surface area (Å²) < 4.78 is 24.4. The molecule has 0 aromatic heterocycles. The number of aryl methyl sites for hydroxylation is 1. The second kappa shape index (κ2) is 8.47. The molecule has 1 fully saturated rings. The van der Waals surface area contributed by atoms with Crippen LogP contribution in [0.3, 0.4) is 0 Å². The van der Waals surface area contributed by atoms with Gasteiger partial charge in [0.25, 0.3) is 0 Å². The predicted octanol–water partition coefficient (Wildman–Crippen LogP) is 1.60. The van der Waals surface area contributed by atoms with E-state index in [9.17, 15) is 18.0 Å². The van der Waals surface area contributed by atoms with E-state index in [2.05, 4.69) is 0 Å². The molecule has 0 spiro atoms. The number of carboxylic acid groups (broad SMARTS) is 1. The minimum Gasteiger partial charge on any atom is -0.481 e. The van der Waals surface area contributed by atoms with Crippen molar-refractivity contribution in [3.63, 3.8) is 0 Å². The van der Waals surface area contributed by atoms with Crippen LogP contribution in [0.15, 0.2) is 30.3 Å². The van der Waals surface area contributed by atoms with Crippen LogP contribution in [0.4, 0.5) is 0 Å². The van der Waals surface area contributed by atoms with Gasteiger partial charge in [0.2, 0.25) is 5.91 Å². The fourth-order valence-corrected chi connectivity index (χ4v) is 4.51. The van der Waals surface area contributed by atoms with Gasteiger partial charge < -0.3 is 10.0 Å². The van der Waals surface area contributed by atoms with E-state index in [0.717, 1.165) is 5.56 Å². The molecule has 1 amide bonds. The van der Waals surface area contributed by atoms with Crippen LogP contribution in [-0.2, 0) is 25.8 Å². The van der Waals surface area contributed by atoms with E-state index >= 15 is 0 Å². The first kappa shape index (κ1) is 19.4. The normalized spacial score (nSPS) is 21.1. The van der Waals surface area contributed by atoms with Crippen molar-refractivity contribution in [3.05, 3.63) is 35.9 Å². The van der Waals surface area contributed by atoms with E-state index < -0.39 is 33.4 Å². The van der Waals surface area contributed by atoms with Crippen molar-refractivity contribution in [1.29, 1.82) is 0 Å². The molecule has 138 valence electrons. The van der Waals surface area contributed by atoms with Gasteiger partial charge in [0.1, 0.15) is 5.75 Å². The van der Waals surface area contributed by atoms with E-state index in [1.54, 1.807) is 0 Å². The molecule has 0 bridgehead atoms. The van der Waals surface area contributed by atoms with Gasteiger partial charge in [-0.2, -0.15) is 0 Å². The first-order valence-corrected chi connectivity index (χ1v) is 10.3. The number of amides is 1. The molecule has 2 unspecified atom stereocenters. The number of hydrogen-bond donors (Lipinski definition) is 1. The van der Waals surface area contributed by atoms with Crippen molar-refractivity contribution in [1.82, 2.24) is 4.90 Å². The summed E-state index contributed by atoms with van der Waals surface area (Å²) in [6, 6.07) is 9.61. The van der Waals surface area contributed by atoms with Crippen LogP contribution in [0.25, 0.3) is 0 Å². The Kier molecular flexibility index (Phi) is 6.58. The van der Waals surface area contributed by atoms with Gasteiger partial charge in [-0.3, -0.25) is 9.59 Å². The Morgan fingerprint density at radius 3 is 2.52 bits per heavy atom. The number of hydrogen-bond acceptors (Lipinski definition) is 4. The molecule has 2 rings (SSSR count). The monoisotopic (exact) mass is 367 g/mol. The highest BCUT2D eigenvalue weighted by Crippen LogP contribution is 2.22. The minimum absolute atomic E-state index is 0.0423. The zero-order valence-corrected chi connectivity index (χ0v) is 15.2. The third-order valence-corrected chi connectivity index (χ3v) is 6.07. The Hall–Kier alpha value is -1.89. The Labute approximate surface area is 148 Å². The van der Waals surface area contributed by atoms with E-state index in [1.165, 1.54) is 4.90 Å². The molecule has 6 nitrogen and oxygen atoms in total. The van der Waals surface area contributed by atoms with Gasteiger partial charge in [0.15, 0.2) is 9.84 Å². The van der Waals surface area contributed by atoms with Crippen molar-refractivity contribution in [2.75, 3.05) is 24.6 Å². The van der Waals surface area contributed by atoms with E-state index in [4.69, 9.17) is 5.11 Å². The highest BCUT2D eigenvalue weighted by atomic mass is 32.2. The molecule has 2 atom stereocenters. The summed E-state index contributed by atoms with van der Waals surface area (Å²) in [7, 11) is -3.49. The summed E-state index contributed by atoms with van der Waals surface area (Å²) in [5, 5.41) is 9.16. The average Bonchev–Trinajstić information content (AvgIpc) is 2.54. The number of nitrogens with zero attached hydrogens (tertiary/aromatic N) is 1. The predicted molar refractivity (Wildman–Crippen MR) is 94.9 cm³/mol. The Balaban J connectivity index is 1.86. The molecule has 1 aromatic rings. The summed E-state index contributed by atoms with van der Waals surface area (Å²) in [6.07, 6.45) is 1.63. The molecule has 1 heterocycles. The first-order valence-electron chi connectivity index (χ1n) is 8.52. The molecule has 25 heavy (non-hydrogen) atoms. The molecule has 1 aliphatic heterocycles. The second-order valence-corrected chi connectivity index (χ2v) is 9.04. The number of likely N-dealkylation sites (tertiary alicyclic amines) is 1. The fraction of sp³-hybridized carbons (Fsp3) is 0.556. The molecule has 1 aliphatic rings. The van der Waals surface area contributed by atoms with Gasteiger partial charge in [-0.25, -0.2) is 8.42 Å². The van der Waals surface area contributed by atoms with Crippen LogP contribution in [0.5, 0.6) is 0 Å². The third kappa shape index (κ3) is 6.16. The summed E-state index contributed by atoms with van der Waals surface area (Å²) in [4.78, 5) is 24.9. The lowest BCUT2D eigenvalue weighted by molar-refractivity contribution is -0.146. The number of benzene rings is 1. The van der Waals surface area contributed by atoms with E-state index in [-0.39, 0.29) is 18.2 Å². The van der Waals surface area contributed by atoms with Crippen LogP contribution < -0.4 is 0 Å². The maximum atomic E-state index is 12.3. The minimum atomic E-state index is -3.49. The van der Waals surface area contributed by atoms with Crippen LogP contribution in [0.2, 0.25) is 0 Å². The molecule has 7 heteroatoms. The maximum Gasteiger partial charge on any atom is 0.308 e. The lowest BCUT2D eigenvalue weighted by atomic mass is 9.90. The molecule has 1 N–H and O–H groups in total. The van der Waals surface area contributed by atoms with Crippen LogP contribution in [0.1, 0.15) is 25.3 Å². The number of carbonyl (C=O) groups is 2. The largest absolute Gasteiger partial charge is 0.481 e. The molecule has 0 saturated carbocycles. The Bertz CT molecular complexity index is 701. The van der Waals surface area contributed by atoms with Gasteiger partial charge in [0.05, 0.1) is 11.7 Å². The number of carbonyl (C=O) groups excluding carboxylic acids is 1. The van der Waals surface area contributed by atoms with E-state index in [0.29, 0.717) is 25.8 Å². The SMILES string of the molecule is CC1CC(C(=O)O)CN(C(=O)CS(=O)(=O)CCCc2ccccc2)C1. The molecular weight excluding hydrogens is 342 g/mol. The highest BCUT2D eigenvalue weighted by molar-refractivity contribution is 7.92. The van der Waals surface area contributed by atoms with Gasteiger partial charge >= 0.3 is 5.97 Å². The average molecular weight is 367 g/mol. The topological polar surface area (TPSA) is 91.8 Å². The smallest absolute Gasteiger partial charge is 0.308 e. The number of rotatable bonds is 7. The van der Waals surface area contributed by atoms with Crippen LogP contribution in [-0.4, -0.2) is 54.9 Å². The number of aliphatic carboxylic acids is 1. The summed E-state index contributed by atoms with van der Waals surface area (Å²) in [6.45, 7) is 2.39. The summed E-state index contributed by atoms with van der Waals surface area (Å²) in [5.74, 6) is -2.57. The number of piperidine rings is 1. The van der Waals surface area contributed by atoms with Gasteiger partial charge in [-0.05, 0) is 30.7 Å². The van der Waals surface area contributed by atoms with Gasteiger partial charge in [-0.1, -0.05) is 37.3 Å². The Morgan fingerprint density at radius 2 is 1.88 bits per heavy atom. The lowest BCUT2D eigenvalue weighted by Crippen LogP contribution is -2.47. The third-order valence-electron chi connectivity index (χ3n) is 4.47. The van der Waals surface area contributed by atoms with Gasteiger partial charge in [-0.15, -0.1) is 0 Å². The van der Waals surface area contributed by atoms with Crippen LogP contribution >= 0.6 is 0 Å². The standard InChI is InChI=1S/C18H25NO5S/c1-14-10-16(18(21)22)12-19(11-14)17(20)13-25(23,24)9-5-8-15-6-3-2-4-7-15/h2-4,6-7,14,16H,5,8-13H2,1H3,(H,21,22).